The topological polar surface area (TPSA) is 16.1 Å². The van der Waals surface area contributed by atoms with E-state index in [0.29, 0.717) is 0 Å². The largest absolute Gasteiger partial charge is 0.311 e. The lowest BCUT2D eigenvalue weighted by molar-refractivity contribution is 1.27. The lowest BCUT2D eigenvalue weighted by Gasteiger charge is -2.25. The van der Waals surface area contributed by atoms with E-state index in [1.807, 2.05) is 36.5 Å². The van der Waals surface area contributed by atoms with Crippen LogP contribution < -0.4 is 4.90 Å². The molecule has 1 heterocycles. The van der Waals surface area contributed by atoms with E-state index in [9.17, 15) is 0 Å². The molecule has 33 heavy (non-hydrogen) atoms. The molecule has 4 aromatic carbocycles. The lowest BCUT2D eigenvalue weighted by atomic mass is 9.99. The molecule has 2 heteroatoms. The van der Waals surface area contributed by atoms with E-state index in [-0.39, 0.29) is 0 Å². The van der Waals surface area contributed by atoms with Crippen molar-refractivity contribution in [3.63, 3.8) is 0 Å². The molecule has 1 aromatic heterocycles. The van der Waals surface area contributed by atoms with E-state index < -0.39 is 0 Å². The standard InChI is InChI=1S/C31H24N2/c1-4-12-26(13-5-1)30(31-18-10-11-23-32-31)24-25-19-21-29(22-20-25)33(27-14-6-2-7-15-27)28-16-8-3-9-17-28/h1-24H. The third-order valence-electron chi connectivity index (χ3n) is 5.52. The third kappa shape index (κ3) is 4.76. The van der Waals surface area contributed by atoms with Crippen molar-refractivity contribution in [3.05, 3.63) is 156 Å². The molecule has 0 fully saturated rings. The first-order valence-electron chi connectivity index (χ1n) is 11.1. The summed E-state index contributed by atoms with van der Waals surface area (Å²) in [5.74, 6) is 0. The Labute approximate surface area is 195 Å². The first kappa shape index (κ1) is 20.5. The smallest absolute Gasteiger partial charge is 0.0708 e. The summed E-state index contributed by atoms with van der Waals surface area (Å²) in [5, 5.41) is 0. The summed E-state index contributed by atoms with van der Waals surface area (Å²) < 4.78 is 0. The van der Waals surface area contributed by atoms with E-state index in [2.05, 4.69) is 119 Å². The van der Waals surface area contributed by atoms with E-state index in [0.717, 1.165) is 39.5 Å². The molecule has 0 aliphatic rings. The van der Waals surface area contributed by atoms with Gasteiger partial charge in [-0.05, 0) is 65.7 Å². The minimum atomic E-state index is 0.961. The molecule has 158 valence electrons. The van der Waals surface area contributed by atoms with Crippen LogP contribution in [0.4, 0.5) is 17.1 Å². The molecule has 0 saturated carbocycles. The molecule has 0 bridgehead atoms. The molecule has 0 radical (unpaired) electrons. The van der Waals surface area contributed by atoms with Crippen LogP contribution in [0.1, 0.15) is 16.8 Å². The molecule has 5 rings (SSSR count). The number of aromatic nitrogens is 1. The van der Waals surface area contributed by atoms with Gasteiger partial charge in [-0.2, -0.15) is 0 Å². The van der Waals surface area contributed by atoms with E-state index in [4.69, 9.17) is 0 Å². The van der Waals surface area contributed by atoms with Gasteiger partial charge in [0.25, 0.3) is 0 Å². The monoisotopic (exact) mass is 424 g/mol. The number of pyridine rings is 1. The van der Waals surface area contributed by atoms with Crippen LogP contribution in [0.2, 0.25) is 0 Å². The molecule has 0 aliphatic carbocycles. The van der Waals surface area contributed by atoms with E-state index >= 15 is 0 Å². The van der Waals surface area contributed by atoms with Gasteiger partial charge in [0.15, 0.2) is 0 Å². The number of hydrogen-bond donors (Lipinski definition) is 0. The summed E-state index contributed by atoms with van der Waals surface area (Å²) >= 11 is 0. The van der Waals surface area contributed by atoms with Crippen molar-refractivity contribution in [2.75, 3.05) is 4.90 Å². The maximum absolute atomic E-state index is 4.60. The van der Waals surface area contributed by atoms with Crippen LogP contribution >= 0.6 is 0 Å². The predicted octanol–water partition coefficient (Wildman–Crippen LogP) is 8.14. The maximum Gasteiger partial charge on any atom is 0.0708 e. The highest BCUT2D eigenvalue weighted by molar-refractivity contribution is 5.90. The first-order valence-corrected chi connectivity index (χ1v) is 11.1. The fraction of sp³-hybridized carbons (Fsp3) is 0. The van der Waals surface area contributed by atoms with Gasteiger partial charge in [0.05, 0.1) is 5.69 Å². The molecular formula is C31H24N2. The second kappa shape index (κ2) is 9.80. The van der Waals surface area contributed by atoms with Crippen molar-refractivity contribution in [1.29, 1.82) is 0 Å². The van der Waals surface area contributed by atoms with Gasteiger partial charge in [0.1, 0.15) is 0 Å². The molecular weight excluding hydrogens is 400 g/mol. The van der Waals surface area contributed by atoms with Crippen molar-refractivity contribution in [3.8, 4) is 0 Å². The summed E-state index contributed by atoms with van der Waals surface area (Å²) in [6, 6.07) is 46.0. The van der Waals surface area contributed by atoms with Crippen LogP contribution in [-0.4, -0.2) is 4.98 Å². The molecule has 0 atom stereocenters. The number of hydrogen-bond acceptors (Lipinski definition) is 2. The van der Waals surface area contributed by atoms with Crippen LogP contribution in [0.15, 0.2) is 140 Å². The second-order valence-corrected chi connectivity index (χ2v) is 7.74. The summed E-state index contributed by atoms with van der Waals surface area (Å²) in [7, 11) is 0. The predicted molar refractivity (Wildman–Crippen MR) is 139 cm³/mol. The zero-order chi connectivity index (χ0) is 22.3. The van der Waals surface area contributed by atoms with Crippen molar-refractivity contribution in [2.24, 2.45) is 0 Å². The number of para-hydroxylation sites is 2. The molecule has 0 amide bonds. The van der Waals surface area contributed by atoms with Gasteiger partial charge >= 0.3 is 0 Å². The number of nitrogens with zero attached hydrogens (tertiary/aromatic N) is 2. The maximum atomic E-state index is 4.60. The van der Waals surface area contributed by atoms with Gasteiger partial charge in [-0.3, -0.25) is 4.98 Å². The third-order valence-corrected chi connectivity index (χ3v) is 5.52. The Kier molecular flexibility index (Phi) is 6.08. The molecule has 0 aliphatic heterocycles. The SMILES string of the molecule is C(=C(c1ccccc1)c1ccccn1)c1ccc(N(c2ccccc2)c2ccccc2)cc1. The summed E-state index contributed by atoms with van der Waals surface area (Å²) in [4.78, 5) is 6.87. The molecule has 0 N–H and O–H groups in total. The number of benzene rings is 4. The highest BCUT2D eigenvalue weighted by atomic mass is 15.1. The lowest BCUT2D eigenvalue weighted by Crippen LogP contribution is -2.09. The van der Waals surface area contributed by atoms with E-state index in [1.165, 1.54) is 0 Å². The van der Waals surface area contributed by atoms with Crippen molar-refractivity contribution in [1.82, 2.24) is 4.98 Å². The Balaban J connectivity index is 1.54. The molecule has 0 spiro atoms. The highest BCUT2D eigenvalue weighted by Gasteiger charge is 2.12. The summed E-state index contributed by atoms with van der Waals surface area (Å²) in [5.41, 5.74) is 7.72. The Morgan fingerprint density at radius 2 is 1.03 bits per heavy atom. The highest BCUT2D eigenvalue weighted by Crippen LogP contribution is 2.34. The summed E-state index contributed by atoms with van der Waals surface area (Å²) in [6.45, 7) is 0. The minimum absolute atomic E-state index is 0.961. The molecule has 0 saturated heterocycles. The van der Waals surface area contributed by atoms with Crippen LogP contribution in [-0.2, 0) is 0 Å². The Morgan fingerprint density at radius 1 is 0.515 bits per heavy atom. The normalized spacial score (nSPS) is 11.2. The number of rotatable bonds is 6. The Morgan fingerprint density at radius 3 is 1.58 bits per heavy atom. The van der Waals surface area contributed by atoms with Crippen LogP contribution in [0.25, 0.3) is 11.6 Å². The molecule has 0 unspecified atom stereocenters. The van der Waals surface area contributed by atoms with Crippen molar-refractivity contribution in [2.45, 2.75) is 0 Å². The zero-order valence-electron chi connectivity index (χ0n) is 18.3. The quantitative estimate of drug-likeness (QED) is 0.256. The summed E-state index contributed by atoms with van der Waals surface area (Å²) in [6.07, 6.45) is 4.05. The van der Waals surface area contributed by atoms with Gasteiger partial charge in [-0.25, -0.2) is 0 Å². The fourth-order valence-electron chi connectivity index (χ4n) is 3.93. The zero-order valence-corrected chi connectivity index (χ0v) is 18.3. The minimum Gasteiger partial charge on any atom is -0.311 e. The second-order valence-electron chi connectivity index (χ2n) is 7.74. The average Bonchev–Trinajstić information content (AvgIpc) is 2.91. The van der Waals surface area contributed by atoms with Gasteiger partial charge in [-0.15, -0.1) is 0 Å². The van der Waals surface area contributed by atoms with Gasteiger partial charge in [0.2, 0.25) is 0 Å². The van der Waals surface area contributed by atoms with Crippen LogP contribution in [0.5, 0.6) is 0 Å². The van der Waals surface area contributed by atoms with Crippen molar-refractivity contribution >= 4 is 28.7 Å². The molecule has 5 aromatic rings. The van der Waals surface area contributed by atoms with Crippen molar-refractivity contribution < 1.29 is 0 Å². The first-order chi connectivity index (χ1) is 16.4. The van der Waals surface area contributed by atoms with E-state index in [1.54, 1.807) is 0 Å². The van der Waals surface area contributed by atoms with Gasteiger partial charge in [0, 0.05) is 28.8 Å². The Bertz CT molecular complexity index is 1230. The Hall–Kier alpha value is -4.43. The number of anilines is 3. The average molecular weight is 425 g/mol. The fourth-order valence-corrected chi connectivity index (χ4v) is 3.93. The van der Waals surface area contributed by atoms with Gasteiger partial charge < -0.3 is 4.90 Å². The van der Waals surface area contributed by atoms with Crippen LogP contribution in [0.3, 0.4) is 0 Å². The molecule has 2 nitrogen and oxygen atoms in total. The van der Waals surface area contributed by atoms with Gasteiger partial charge in [-0.1, -0.05) is 84.9 Å². The van der Waals surface area contributed by atoms with Crippen LogP contribution in [0, 0.1) is 0 Å².